The van der Waals surface area contributed by atoms with E-state index in [1.165, 1.54) is 0 Å². The highest BCUT2D eigenvalue weighted by Gasteiger charge is 2.45. The van der Waals surface area contributed by atoms with Gasteiger partial charge in [-0.05, 0) is 6.92 Å². The number of carbonyl (C=O) groups excluding carboxylic acids is 1. The highest BCUT2D eigenvalue weighted by atomic mass is 16.6. The van der Waals surface area contributed by atoms with Gasteiger partial charge >= 0.3 is 0 Å². The van der Waals surface area contributed by atoms with E-state index in [4.69, 9.17) is 24.4 Å². The second-order valence-electron chi connectivity index (χ2n) is 3.51. The minimum absolute atomic E-state index is 0.189. The third kappa shape index (κ3) is 2.69. The quantitative estimate of drug-likeness (QED) is 0.374. The van der Waals surface area contributed by atoms with Gasteiger partial charge in [-0.3, -0.25) is 4.79 Å². The summed E-state index contributed by atoms with van der Waals surface area (Å²) in [5.41, 5.74) is 0. The van der Waals surface area contributed by atoms with E-state index in [1.54, 1.807) is 6.92 Å². The SMILES string of the molecule is CC1O[C@H](CO)[C@@H](O)[C@@H](OC=O)[C@@H]1OCO. The number of aliphatic hydroxyl groups excluding tert-OH is 3. The highest BCUT2D eigenvalue weighted by molar-refractivity contribution is 5.38. The third-order valence-corrected chi connectivity index (χ3v) is 2.55. The topological polar surface area (TPSA) is 105 Å². The van der Waals surface area contributed by atoms with Gasteiger partial charge in [-0.1, -0.05) is 0 Å². The average Bonchev–Trinajstić information content (AvgIpc) is 2.28. The molecule has 1 aliphatic rings. The van der Waals surface area contributed by atoms with Crippen molar-refractivity contribution in [3.05, 3.63) is 0 Å². The van der Waals surface area contributed by atoms with Gasteiger partial charge in [0.1, 0.15) is 25.1 Å². The summed E-state index contributed by atoms with van der Waals surface area (Å²) in [6.45, 7) is 0.855. The summed E-state index contributed by atoms with van der Waals surface area (Å²) in [4.78, 5) is 10.3. The molecule has 16 heavy (non-hydrogen) atoms. The molecule has 0 saturated carbocycles. The number of rotatable bonds is 5. The predicted octanol–water partition coefficient (Wildman–Crippen LogP) is -2.00. The van der Waals surface area contributed by atoms with Crippen molar-refractivity contribution in [2.75, 3.05) is 13.4 Å². The molecule has 1 fully saturated rings. The van der Waals surface area contributed by atoms with Crippen LogP contribution in [0.1, 0.15) is 6.92 Å². The Morgan fingerprint density at radius 3 is 2.56 bits per heavy atom. The van der Waals surface area contributed by atoms with Crippen LogP contribution in [0.15, 0.2) is 0 Å². The Morgan fingerprint density at radius 2 is 2.06 bits per heavy atom. The molecule has 0 bridgehead atoms. The van der Waals surface area contributed by atoms with E-state index in [2.05, 4.69) is 0 Å². The molecule has 0 radical (unpaired) electrons. The summed E-state index contributed by atoms with van der Waals surface area (Å²) in [6, 6.07) is 0. The van der Waals surface area contributed by atoms with Gasteiger partial charge < -0.3 is 29.5 Å². The molecule has 0 aromatic heterocycles. The molecule has 0 aromatic carbocycles. The minimum Gasteiger partial charge on any atom is -0.459 e. The van der Waals surface area contributed by atoms with Crippen LogP contribution in [-0.4, -0.2) is 65.7 Å². The van der Waals surface area contributed by atoms with Gasteiger partial charge in [-0.2, -0.15) is 0 Å². The molecule has 0 amide bonds. The standard InChI is InChI=1S/C9H16O7/c1-5-8(14-3-11)9(15-4-12)7(13)6(2-10)16-5/h4-11,13H,2-3H2,1H3/t5?,6-,7-,8-,9-/m1/s1. The van der Waals surface area contributed by atoms with Gasteiger partial charge in [-0.25, -0.2) is 0 Å². The molecule has 3 N–H and O–H groups in total. The molecular formula is C9H16O7. The Bertz CT molecular complexity index is 222. The molecule has 94 valence electrons. The van der Waals surface area contributed by atoms with Crippen LogP contribution >= 0.6 is 0 Å². The third-order valence-electron chi connectivity index (χ3n) is 2.55. The first-order valence-corrected chi connectivity index (χ1v) is 4.91. The van der Waals surface area contributed by atoms with Gasteiger partial charge in [0, 0.05) is 0 Å². The monoisotopic (exact) mass is 236 g/mol. The average molecular weight is 236 g/mol. The first-order valence-electron chi connectivity index (χ1n) is 4.91. The Hall–Kier alpha value is -0.730. The Kier molecular flexibility index (Phi) is 5.10. The smallest absolute Gasteiger partial charge is 0.293 e. The van der Waals surface area contributed by atoms with E-state index in [0.29, 0.717) is 0 Å². The predicted molar refractivity (Wildman–Crippen MR) is 50.3 cm³/mol. The second-order valence-corrected chi connectivity index (χ2v) is 3.51. The van der Waals surface area contributed by atoms with Crippen LogP contribution in [0.3, 0.4) is 0 Å². The van der Waals surface area contributed by atoms with Crippen LogP contribution in [0.5, 0.6) is 0 Å². The van der Waals surface area contributed by atoms with E-state index < -0.39 is 43.9 Å². The maximum atomic E-state index is 10.3. The summed E-state index contributed by atoms with van der Waals surface area (Å²) < 4.78 is 14.9. The lowest BCUT2D eigenvalue weighted by Crippen LogP contribution is -2.59. The van der Waals surface area contributed by atoms with Crippen molar-refractivity contribution in [1.82, 2.24) is 0 Å². The minimum atomic E-state index is -1.19. The number of aliphatic hydroxyl groups is 3. The fourth-order valence-corrected chi connectivity index (χ4v) is 1.80. The molecule has 7 nitrogen and oxygen atoms in total. The van der Waals surface area contributed by atoms with Crippen molar-refractivity contribution in [2.45, 2.75) is 37.4 Å². The van der Waals surface area contributed by atoms with Gasteiger partial charge in [0.2, 0.25) is 0 Å². The van der Waals surface area contributed by atoms with Crippen LogP contribution in [0.25, 0.3) is 0 Å². The Labute approximate surface area is 92.5 Å². The number of carbonyl (C=O) groups is 1. The van der Waals surface area contributed by atoms with E-state index in [0.717, 1.165) is 0 Å². The normalized spacial score (nSPS) is 39.4. The molecular weight excluding hydrogens is 220 g/mol. The van der Waals surface area contributed by atoms with E-state index >= 15 is 0 Å². The number of hydrogen-bond acceptors (Lipinski definition) is 7. The fraction of sp³-hybridized carbons (Fsp3) is 0.889. The van der Waals surface area contributed by atoms with Crippen LogP contribution in [0.4, 0.5) is 0 Å². The molecule has 1 rings (SSSR count). The second kappa shape index (κ2) is 6.12. The lowest BCUT2D eigenvalue weighted by molar-refractivity contribution is -0.252. The summed E-state index contributed by atoms with van der Waals surface area (Å²) in [6.07, 6.45) is -4.28. The van der Waals surface area contributed by atoms with E-state index in [9.17, 15) is 9.90 Å². The van der Waals surface area contributed by atoms with Crippen LogP contribution < -0.4 is 0 Å². The van der Waals surface area contributed by atoms with Crippen molar-refractivity contribution < 1.29 is 34.3 Å². The van der Waals surface area contributed by atoms with Crippen molar-refractivity contribution >= 4 is 6.47 Å². The maximum absolute atomic E-state index is 10.3. The first kappa shape index (κ1) is 13.3. The number of hydrogen-bond donors (Lipinski definition) is 3. The van der Waals surface area contributed by atoms with Crippen molar-refractivity contribution in [3.63, 3.8) is 0 Å². The lowest BCUT2D eigenvalue weighted by atomic mass is 9.95. The van der Waals surface area contributed by atoms with Gasteiger partial charge in [0.25, 0.3) is 6.47 Å². The zero-order chi connectivity index (χ0) is 12.1. The molecule has 0 aromatic rings. The lowest BCUT2D eigenvalue weighted by Gasteiger charge is -2.41. The van der Waals surface area contributed by atoms with Crippen molar-refractivity contribution in [2.24, 2.45) is 0 Å². The molecule has 0 aliphatic carbocycles. The van der Waals surface area contributed by atoms with Gasteiger partial charge in [-0.15, -0.1) is 0 Å². The number of ether oxygens (including phenoxy) is 3. The summed E-state index contributed by atoms with van der Waals surface area (Å²) in [5, 5.41) is 27.4. The van der Waals surface area contributed by atoms with Gasteiger partial charge in [0.15, 0.2) is 6.10 Å². The first-order chi connectivity index (χ1) is 7.65. The highest BCUT2D eigenvalue weighted by Crippen LogP contribution is 2.25. The molecule has 1 saturated heterocycles. The molecule has 5 atom stereocenters. The zero-order valence-corrected chi connectivity index (χ0v) is 8.85. The zero-order valence-electron chi connectivity index (χ0n) is 8.85. The Morgan fingerprint density at radius 1 is 1.38 bits per heavy atom. The van der Waals surface area contributed by atoms with E-state index in [1.807, 2.05) is 0 Å². The summed E-state index contributed by atoms with van der Waals surface area (Å²) in [7, 11) is 0. The largest absolute Gasteiger partial charge is 0.459 e. The summed E-state index contributed by atoms with van der Waals surface area (Å²) >= 11 is 0. The van der Waals surface area contributed by atoms with Crippen LogP contribution in [0, 0.1) is 0 Å². The van der Waals surface area contributed by atoms with Crippen LogP contribution in [0.2, 0.25) is 0 Å². The molecule has 0 spiro atoms. The molecule has 1 unspecified atom stereocenters. The van der Waals surface area contributed by atoms with Crippen molar-refractivity contribution in [1.29, 1.82) is 0 Å². The molecule has 7 heteroatoms. The van der Waals surface area contributed by atoms with Gasteiger partial charge in [0.05, 0.1) is 12.7 Å². The van der Waals surface area contributed by atoms with E-state index in [-0.39, 0.29) is 6.47 Å². The molecule has 1 heterocycles. The maximum Gasteiger partial charge on any atom is 0.293 e. The van der Waals surface area contributed by atoms with Crippen molar-refractivity contribution in [3.8, 4) is 0 Å². The van der Waals surface area contributed by atoms with Crippen LogP contribution in [-0.2, 0) is 19.0 Å². The Balaban J connectivity index is 2.77. The fourth-order valence-electron chi connectivity index (χ4n) is 1.80. The molecule has 1 aliphatic heterocycles. The summed E-state index contributed by atoms with van der Waals surface area (Å²) in [5.74, 6) is 0.